The second-order valence-electron chi connectivity index (χ2n) is 4.46. The van der Waals surface area contributed by atoms with Gasteiger partial charge in [0.15, 0.2) is 6.04 Å². The molecule has 6 nitrogen and oxygen atoms in total. The third kappa shape index (κ3) is 6.77. The van der Waals surface area contributed by atoms with Crippen LogP contribution >= 0.6 is 0 Å². The molecule has 0 aliphatic rings. The van der Waals surface area contributed by atoms with Crippen molar-refractivity contribution in [3.05, 3.63) is 29.3 Å². The van der Waals surface area contributed by atoms with Crippen LogP contribution in [0.4, 0.5) is 0 Å². The van der Waals surface area contributed by atoms with Crippen LogP contribution in [0.3, 0.4) is 0 Å². The first-order chi connectivity index (χ1) is 9.47. The molecule has 0 bridgehead atoms. The molecule has 0 unspecified atom stereocenters. The quantitative estimate of drug-likeness (QED) is 0.519. The number of rotatable bonds is 6. The Morgan fingerprint density at radius 3 is 2.52 bits per heavy atom. The summed E-state index contributed by atoms with van der Waals surface area (Å²) in [5.41, 5.74) is 5.23. The second-order valence-corrected chi connectivity index (χ2v) is 4.46. The number of hydrogen-bond acceptors (Lipinski definition) is 5. The molecule has 0 amide bonds. The van der Waals surface area contributed by atoms with E-state index in [2.05, 4.69) is 15.2 Å². The van der Waals surface area contributed by atoms with Crippen LogP contribution in [0.25, 0.3) is 0 Å². The number of phenolic OH excluding ortho intramolecular Hbond substituents is 1. The number of esters is 2. The van der Waals surface area contributed by atoms with E-state index in [1.807, 2.05) is 0 Å². The van der Waals surface area contributed by atoms with E-state index in [9.17, 15) is 14.7 Å². The zero-order valence-electron chi connectivity index (χ0n) is 12.3. The number of aromatic hydroxyl groups is 1. The molecule has 113 valence electrons. The number of methoxy groups -OCH3 is 2. The Hall–Kier alpha value is -0.638. The minimum Gasteiger partial charge on any atom is -0.508 e. The van der Waals surface area contributed by atoms with Gasteiger partial charge >= 0.3 is 11.9 Å². The average Bonchev–Trinajstić information content (AvgIpc) is 2.46. The molecule has 1 radical (unpaired) electrons. The van der Waals surface area contributed by atoms with Gasteiger partial charge in [-0.25, -0.2) is 4.79 Å². The molecule has 0 saturated carbocycles. The van der Waals surface area contributed by atoms with Gasteiger partial charge in [-0.3, -0.25) is 4.79 Å². The molecule has 21 heavy (non-hydrogen) atoms. The molecule has 1 rings (SSSR count). The SMILES string of the molecule is COC(=O)CCc1cc(C[C@H]([NH3+])C(=O)OC)ccc1O.[Ac]. The average molecular weight is 509 g/mol. The van der Waals surface area contributed by atoms with E-state index < -0.39 is 6.04 Å². The van der Waals surface area contributed by atoms with Crippen molar-refractivity contribution < 1.29 is 74.0 Å². The van der Waals surface area contributed by atoms with Crippen LogP contribution in [0.1, 0.15) is 17.5 Å². The van der Waals surface area contributed by atoms with Crippen molar-refractivity contribution in [2.24, 2.45) is 0 Å². The molecule has 0 aliphatic heterocycles. The maximum atomic E-state index is 11.3. The Morgan fingerprint density at radius 1 is 1.29 bits per heavy atom. The van der Waals surface area contributed by atoms with Crippen molar-refractivity contribution in [3.63, 3.8) is 0 Å². The Kier molecular flexibility index (Phi) is 9.84. The summed E-state index contributed by atoms with van der Waals surface area (Å²) in [6, 6.07) is 4.53. The van der Waals surface area contributed by atoms with Crippen LogP contribution in [0.15, 0.2) is 18.2 Å². The largest absolute Gasteiger partial charge is 0.508 e. The van der Waals surface area contributed by atoms with Gasteiger partial charge in [-0.1, -0.05) is 12.1 Å². The second kappa shape index (κ2) is 10.1. The summed E-state index contributed by atoms with van der Waals surface area (Å²) >= 11 is 0. The van der Waals surface area contributed by atoms with Crippen LogP contribution in [-0.2, 0) is 31.9 Å². The molecule has 0 fully saturated rings. The Bertz CT molecular complexity index is 492. The zero-order chi connectivity index (χ0) is 15.1. The molecule has 4 N–H and O–H groups in total. The maximum Gasteiger partial charge on any atom is 0.364 e. The number of hydrogen-bond donors (Lipinski definition) is 2. The first kappa shape index (κ1) is 20.4. The zero-order valence-corrected chi connectivity index (χ0v) is 17.0. The normalized spacial score (nSPS) is 11.2. The molecule has 1 aromatic carbocycles. The van der Waals surface area contributed by atoms with E-state index >= 15 is 0 Å². The predicted octanol–water partition coefficient (Wildman–Crippen LogP) is -0.176. The number of benzene rings is 1. The van der Waals surface area contributed by atoms with Crippen LogP contribution in [0.5, 0.6) is 5.75 Å². The fourth-order valence-electron chi connectivity index (χ4n) is 1.84. The molecule has 1 atom stereocenters. The van der Waals surface area contributed by atoms with Gasteiger partial charge in [0.05, 0.1) is 14.2 Å². The van der Waals surface area contributed by atoms with Crippen molar-refractivity contribution in [1.29, 1.82) is 0 Å². The monoisotopic (exact) mass is 509 g/mol. The van der Waals surface area contributed by atoms with E-state index in [0.29, 0.717) is 18.4 Å². The predicted molar refractivity (Wildman–Crippen MR) is 70.8 cm³/mol. The fraction of sp³-hybridized carbons (Fsp3) is 0.429. The summed E-state index contributed by atoms with van der Waals surface area (Å²) in [6.07, 6.45) is 0.989. The Labute approximate surface area is 159 Å². The van der Waals surface area contributed by atoms with Gasteiger partial charge in [-0.2, -0.15) is 0 Å². The van der Waals surface area contributed by atoms with E-state index in [-0.39, 0.29) is 68.2 Å². The third-order valence-electron chi connectivity index (χ3n) is 2.99. The maximum absolute atomic E-state index is 11.3. The van der Waals surface area contributed by atoms with Gasteiger partial charge < -0.3 is 20.3 Å². The fourth-order valence-corrected chi connectivity index (χ4v) is 1.84. The number of aryl methyl sites for hydroxylation is 1. The van der Waals surface area contributed by atoms with Gasteiger partial charge in [0.2, 0.25) is 0 Å². The van der Waals surface area contributed by atoms with Gasteiger partial charge in [0, 0.05) is 56.9 Å². The number of phenols is 1. The first-order valence-corrected chi connectivity index (χ1v) is 6.26. The number of carbonyl (C=O) groups excluding carboxylic acids is 2. The first-order valence-electron chi connectivity index (χ1n) is 6.26. The summed E-state index contributed by atoms with van der Waals surface area (Å²) in [6.45, 7) is 0. The van der Waals surface area contributed by atoms with Crippen LogP contribution < -0.4 is 5.73 Å². The van der Waals surface area contributed by atoms with E-state index in [1.54, 1.807) is 18.2 Å². The van der Waals surface area contributed by atoms with Gasteiger partial charge in [0.25, 0.3) is 0 Å². The molecular weight excluding hydrogens is 489 g/mol. The van der Waals surface area contributed by atoms with E-state index in [4.69, 9.17) is 0 Å². The number of ether oxygens (including phenoxy) is 2. The van der Waals surface area contributed by atoms with Crippen LogP contribution in [0.2, 0.25) is 0 Å². The molecule has 7 heteroatoms. The minimum atomic E-state index is -0.502. The minimum absolute atomic E-state index is 0. The van der Waals surface area contributed by atoms with E-state index in [1.165, 1.54) is 14.2 Å². The number of carbonyl (C=O) groups is 2. The molecule has 0 aliphatic carbocycles. The van der Waals surface area contributed by atoms with Crippen molar-refractivity contribution in [1.82, 2.24) is 0 Å². The Morgan fingerprint density at radius 2 is 1.95 bits per heavy atom. The molecule has 0 saturated heterocycles. The summed E-state index contributed by atoms with van der Waals surface area (Å²) in [7, 11) is 2.64. The van der Waals surface area contributed by atoms with Gasteiger partial charge in [0.1, 0.15) is 5.75 Å². The summed E-state index contributed by atoms with van der Waals surface area (Å²) in [4.78, 5) is 22.4. The van der Waals surface area contributed by atoms with E-state index in [0.717, 1.165) is 5.56 Å². The summed E-state index contributed by atoms with van der Waals surface area (Å²) < 4.78 is 9.18. The molecule has 1 aromatic rings. The summed E-state index contributed by atoms with van der Waals surface area (Å²) in [5.74, 6) is -0.593. The topological polar surface area (TPSA) is 100 Å². The third-order valence-corrected chi connectivity index (χ3v) is 2.99. The standard InChI is InChI=1S/C14H19NO5.Ac/c1-19-13(17)6-4-10-7-9(3-5-12(10)16)8-11(15)14(18)20-2;/h3,5,7,11,16H,4,6,8,15H2,1-2H3;/p+1/t11-;/m0./s1. The smallest absolute Gasteiger partial charge is 0.364 e. The van der Waals surface area contributed by atoms with Gasteiger partial charge in [-0.05, 0) is 23.6 Å². The van der Waals surface area contributed by atoms with Crippen LogP contribution in [-0.4, -0.2) is 37.3 Å². The molecule has 0 aromatic heterocycles. The van der Waals surface area contributed by atoms with Crippen molar-refractivity contribution in [2.75, 3.05) is 14.2 Å². The van der Waals surface area contributed by atoms with Gasteiger partial charge in [-0.15, -0.1) is 0 Å². The molecule has 0 spiro atoms. The van der Waals surface area contributed by atoms with Crippen molar-refractivity contribution in [2.45, 2.75) is 25.3 Å². The van der Waals surface area contributed by atoms with Crippen LogP contribution in [0, 0.1) is 44.1 Å². The number of quaternary nitrogens is 1. The summed E-state index contributed by atoms with van der Waals surface area (Å²) in [5, 5.41) is 9.75. The molecular formula is C14H20AcNO5+. The van der Waals surface area contributed by atoms with Crippen molar-refractivity contribution in [3.8, 4) is 5.75 Å². The molecule has 0 heterocycles. The van der Waals surface area contributed by atoms with Crippen molar-refractivity contribution >= 4 is 11.9 Å². The Balaban J connectivity index is 0.00000400.